The minimum Gasteiger partial charge on any atom is -0.313 e. The molecule has 0 amide bonds. The summed E-state index contributed by atoms with van der Waals surface area (Å²) in [5.41, 5.74) is 2.54. The number of rotatable bonds is 6. The summed E-state index contributed by atoms with van der Waals surface area (Å²) in [6.45, 7) is 7.99. The highest BCUT2D eigenvalue weighted by Crippen LogP contribution is 1.97. The molecule has 14 heavy (non-hydrogen) atoms. The Morgan fingerprint density at radius 2 is 2.43 bits per heavy atom. The van der Waals surface area contributed by atoms with E-state index in [2.05, 4.69) is 30.1 Å². The van der Waals surface area contributed by atoms with Gasteiger partial charge in [0.05, 0.1) is 6.20 Å². The smallest absolute Gasteiger partial charge is 0.0522 e. The molecule has 0 aliphatic heterocycles. The summed E-state index contributed by atoms with van der Waals surface area (Å²) in [4.78, 5) is 0. The first-order valence-corrected chi connectivity index (χ1v) is 5.07. The molecule has 3 heteroatoms. The summed E-state index contributed by atoms with van der Waals surface area (Å²) in [6, 6.07) is 0. The highest BCUT2D eigenvalue weighted by atomic mass is 15.2. The molecule has 0 spiro atoms. The molecular weight excluding hydrogens is 174 g/mol. The maximum absolute atomic E-state index is 4.12. The van der Waals surface area contributed by atoms with E-state index in [-0.39, 0.29) is 0 Å². The number of hydrogen-bond donors (Lipinski definition) is 1. The molecule has 1 N–H and O–H groups in total. The largest absolute Gasteiger partial charge is 0.313 e. The third-order valence-electron chi connectivity index (χ3n) is 2.22. The molecule has 0 atom stereocenters. The third kappa shape index (κ3) is 3.75. The average Bonchev–Trinajstić information content (AvgIpc) is 2.58. The van der Waals surface area contributed by atoms with Crippen LogP contribution in [0, 0.1) is 0 Å². The summed E-state index contributed by atoms with van der Waals surface area (Å²) in [6.07, 6.45) is 6.05. The van der Waals surface area contributed by atoms with Crippen molar-refractivity contribution in [1.82, 2.24) is 15.1 Å². The van der Waals surface area contributed by atoms with Crippen molar-refractivity contribution < 1.29 is 0 Å². The van der Waals surface area contributed by atoms with Gasteiger partial charge in [0.25, 0.3) is 0 Å². The zero-order valence-corrected chi connectivity index (χ0v) is 9.08. The molecule has 1 aromatic rings. The molecule has 3 nitrogen and oxygen atoms in total. The third-order valence-corrected chi connectivity index (χ3v) is 2.22. The van der Waals surface area contributed by atoms with E-state index >= 15 is 0 Å². The van der Waals surface area contributed by atoms with Crippen LogP contribution in [0.2, 0.25) is 0 Å². The van der Waals surface area contributed by atoms with Crippen LogP contribution in [0.5, 0.6) is 0 Å². The molecule has 0 aliphatic rings. The Morgan fingerprint density at radius 1 is 1.64 bits per heavy atom. The second-order valence-electron chi connectivity index (χ2n) is 3.55. The highest BCUT2D eigenvalue weighted by molar-refractivity contribution is 5.04. The average molecular weight is 193 g/mol. The van der Waals surface area contributed by atoms with Crippen LogP contribution in [0.25, 0.3) is 0 Å². The lowest BCUT2D eigenvalue weighted by molar-refractivity contribution is 0.716. The first-order chi connectivity index (χ1) is 6.72. The van der Waals surface area contributed by atoms with E-state index in [4.69, 9.17) is 0 Å². The lowest BCUT2D eigenvalue weighted by Crippen LogP contribution is -2.19. The molecule has 0 aliphatic carbocycles. The first-order valence-electron chi connectivity index (χ1n) is 5.07. The molecule has 1 rings (SSSR count). The molecule has 1 aromatic heterocycles. The summed E-state index contributed by atoms with van der Waals surface area (Å²) in [7, 11) is 1.94. The fraction of sp³-hybridized carbons (Fsp3) is 0.545. The monoisotopic (exact) mass is 193 g/mol. The van der Waals surface area contributed by atoms with Crippen molar-refractivity contribution >= 4 is 0 Å². The lowest BCUT2D eigenvalue weighted by atomic mass is 10.2. The number of aryl methyl sites for hydroxylation is 1. The Bertz CT molecular complexity index is 288. The van der Waals surface area contributed by atoms with Crippen LogP contribution < -0.4 is 5.32 Å². The van der Waals surface area contributed by atoms with Crippen LogP contribution in [0.15, 0.2) is 24.5 Å². The molecule has 0 fully saturated rings. The molecule has 0 saturated carbocycles. The number of hydrogen-bond acceptors (Lipinski definition) is 2. The van der Waals surface area contributed by atoms with Gasteiger partial charge in [0.2, 0.25) is 0 Å². The van der Waals surface area contributed by atoms with E-state index in [1.54, 1.807) is 0 Å². The first kappa shape index (κ1) is 11.0. The van der Waals surface area contributed by atoms with E-state index in [0.29, 0.717) is 0 Å². The zero-order chi connectivity index (χ0) is 10.4. The van der Waals surface area contributed by atoms with Crippen molar-refractivity contribution in [3.63, 3.8) is 0 Å². The van der Waals surface area contributed by atoms with Gasteiger partial charge < -0.3 is 5.32 Å². The van der Waals surface area contributed by atoms with Crippen molar-refractivity contribution in [3.8, 4) is 0 Å². The molecule has 0 bridgehead atoms. The minimum absolute atomic E-state index is 0.927. The number of aromatic nitrogens is 2. The fourth-order valence-electron chi connectivity index (χ4n) is 1.22. The van der Waals surface area contributed by atoms with Gasteiger partial charge in [0.1, 0.15) is 0 Å². The summed E-state index contributed by atoms with van der Waals surface area (Å²) >= 11 is 0. The Morgan fingerprint density at radius 3 is 3.00 bits per heavy atom. The van der Waals surface area contributed by atoms with Gasteiger partial charge in [-0.1, -0.05) is 19.1 Å². The SMILES string of the molecule is C=C(CC)CNCCc1cnn(C)c1. The minimum atomic E-state index is 0.927. The Kier molecular flexibility index (Phi) is 4.40. The number of nitrogens with zero attached hydrogens (tertiary/aromatic N) is 2. The Labute approximate surface area is 85.8 Å². The van der Waals surface area contributed by atoms with Crippen LogP contribution in [0.4, 0.5) is 0 Å². The number of nitrogens with one attached hydrogen (secondary N) is 1. The van der Waals surface area contributed by atoms with E-state index in [9.17, 15) is 0 Å². The maximum atomic E-state index is 4.12. The molecule has 78 valence electrons. The van der Waals surface area contributed by atoms with Crippen LogP contribution in [-0.2, 0) is 13.5 Å². The highest BCUT2D eigenvalue weighted by Gasteiger charge is 1.95. The normalized spacial score (nSPS) is 10.4. The fourth-order valence-corrected chi connectivity index (χ4v) is 1.22. The lowest BCUT2D eigenvalue weighted by Gasteiger charge is -2.04. The van der Waals surface area contributed by atoms with Crippen LogP contribution >= 0.6 is 0 Å². The van der Waals surface area contributed by atoms with Gasteiger partial charge in [0, 0.05) is 19.8 Å². The van der Waals surface area contributed by atoms with Gasteiger partial charge in [0.15, 0.2) is 0 Å². The van der Waals surface area contributed by atoms with Gasteiger partial charge in [-0.2, -0.15) is 5.10 Å². The van der Waals surface area contributed by atoms with Crippen molar-refractivity contribution in [2.24, 2.45) is 7.05 Å². The van der Waals surface area contributed by atoms with Gasteiger partial charge >= 0.3 is 0 Å². The predicted molar refractivity (Wildman–Crippen MR) is 59.2 cm³/mol. The summed E-state index contributed by atoms with van der Waals surface area (Å²) in [5, 5.41) is 7.48. The maximum Gasteiger partial charge on any atom is 0.0522 e. The van der Waals surface area contributed by atoms with Crippen LogP contribution in [0.3, 0.4) is 0 Å². The molecule has 1 heterocycles. The topological polar surface area (TPSA) is 29.9 Å². The van der Waals surface area contributed by atoms with Crippen LogP contribution in [0.1, 0.15) is 18.9 Å². The molecule has 0 aromatic carbocycles. The quantitative estimate of drug-likeness (QED) is 0.548. The zero-order valence-electron chi connectivity index (χ0n) is 9.08. The molecule has 0 saturated heterocycles. The van der Waals surface area contributed by atoms with Crippen molar-refractivity contribution in [2.45, 2.75) is 19.8 Å². The van der Waals surface area contributed by atoms with Gasteiger partial charge in [-0.25, -0.2) is 0 Å². The Hall–Kier alpha value is -1.09. The molecular formula is C11H19N3. The van der Waals surface area contributed by atoms with E-state index in [1.807, 2.05) is 17.9 Å². The Balaban J connectivity index is 2.13. The van der Waals surface area contributed by atoms with Crippen molar-refractivity contribution in [1.29, 1.82) is 0 Å². The van der Waals surface area contributed by atoms with E-state index in [1.165, 1.54) is 11.1 Å². The van der Waals surface area contributed by atoms with E-state index in [0.717, 1.165) is 25.9 Å². The predicted octanol–water partition coefficient (Wildman–Crippen LogP) is 1.52. The summed E-state index contributed by atoms with van der Waals surface area (Å²) < 4.78 is 1.83. The van der Waals surface area contributed by atoms with Crippen LogP contribution in [-0.4, -0.2) is 22.9 Å². The van der Waals surface area contributed by atoms with Gasteiger partial charge in [-0.05, 0) is 24.9 Å². The van der Waals surface area contributed by atoms with Crippen molar-refractivity contribution in [3.05, 3.63) is 30.1 Å². The van der Waals surface area contributed by atoms with Crippen molar-refractivity contribution in [2.75, 3.05) is 13.1 Å². The second kappa shape index (κ2) is 5.60. The van der Waals surface area contributed by atoms with Gasteiger partial charge in [-0.3, -0.25) is 4.68 Å². The molecule has 0 unspecified atom stereocenters. The molecule has 0 radical (unpaired) electrons. The summed E-state index contributed by atoms with van der Waals surface area (Å²) in [5.74, 6) is 0. The second-order valence-corrected chi connectivity index (χ2v) is 3.55. The van der Waals surface area contributed by atoms with E-state index < -0.39 is 0 Å². The standard InChI is InChI=1S/C11H19N3/c1-4-10(2)7-12-6-5-11-8-13-14(3)9-11/h8-9,12H,2,4-7H2,1,3H3. The van der Waals surface area contributed by atoms with Gasteiger partial charge in [-0.15, -0.1) is 0 Å².